The minimum atomic E-state index is 0.594. The normalized spacial score (nSPS) is 12.9. The van der Waals surface area contributed by atoms with Gasteiger partial charge in [0.1, 0.15) is 11.3 Å². The highest BCUT2D eigenvalue weighted by Gasteiger charge is 2.09. The van der Waals surface area contributed by atoms with Crippen LogP contribution in [-0.4, -0.2) is 12.6 Å². The Balaban J connectivity index is 1.96. The number of hydrogen-bond donors (Lipinski definition) is 1. The summed E-state index contributed by atoms with van der Waals surface area (Å²) >= 11 is 6.00. The van der Waals surface area contributed by atoms with Crippen LogP contribution in [-0.2, 0) is 6.42 Å². The summed E-state index contributed by atoms with van der Waals surface area (Å²) in [5.41, 5.74) is 0.929. The highest BCUT2D eigenvalue weighted by Crippen LogP contribution is 2.24. The van der Waals surface area contributed by atoms with Gasteiger partial charge in [-0.2, -0.15) is 0 Å². The highest BCUT2D eigenvalue weighted by atomic mass is 35.5. The quantitative estimate of drug-likeness (QED) is 0.725. The molecule has 0 fully saturated rings. The third kappa shape index (κ3) is 4.26. The molecule has 2 rings (SSSR count). The van der Waals surface area contributed by atoms with E-state index in [0.29, 0.717) is 6.04 Å². The first-order chi connectivity index (χ1) is 9.72. The molecule has 0 amide bonds. The number of benzene rings is 1. The lowest BCUT2D eigenvalue weighted by Gasteiger charge is -2.16. The van der Waals surface area contributed by atoms with Crippen LogP contribution in [0.4, 0.5) is 0 Å². The number of hydrogen-bond acceptors (Lipinski definition) is 2. The van der Waals surface area contributed by atoms with Gasteiger partial charge in [0.05, 0.1) is 0 Å². The Hall–Kier alpha value is -0.990. The zero-order chi connectivity index (χ0) is 14.4. The van der Waals surface area contributed by atoms with Gasteiger partial charge in [0.2, 0.25) is 0 Å². The summed E-state index contributed by atoms with van der Waals surface area (Å²) < 4.78 is 5.87. The van der Waals surface area contributed by atoms with E-state index >= 15 is 0 Å². The van der Waals surface area contributed by atoms with Crippen molar-refractivity contribution in [2.75, 3.05) is 6.54 Å². The molecule has 0 saturated carbocycles. The standard InChI is InChI=1S/C17H24ClNO/c1-3-5-15(19-10-4-2)7-8-16-12-13-11-14(18)6-9-17(13)20-16/h6,9,11-12,15,19H,3-5,7-8,10H2,1-2H3. The molecule has 1 aromatic heterocycles. The second-order valence-electron chi connectivity index (χ2n) is 5.37. The van der Waals surface area contributed by atoms with Crippen LogP contribution in [0.3, 0.4) is 0 Å². The summed E-state index contributed by atoms with van der Waals surface area (Å²) in [6, 6.07) is 8.49. The van der Waals surface area contributed by atoms with Crippen molar-refractivity contribution in [3.63, 3.8) is 0 Å². The molecule has 0 radical (unpaired) electrons. The van der Waals surface area contributed by atoms with E-state index in [9.17, 15) is 0 Å². The average molecular weight is 294 g/mol. The van der Waals surface area contributed by atoms with Crippen molar-refractivity contribution >= 4 is 22.6 Å². The van der Waals surface area contributed by atoms with Crippen LogP contribution in [0.15, 0.2) is 28.7 Å². The Kier molecular flexibility index (Phi) is 5.93. The zero-order valence-electron chi connectivity index (χ0n) is 12.4. The van der Waals surface area contributed by atoms with Crippen LogP contribution in [0.1, 0.15) is 45.3 Å². The Morgan fingerprint density at radius 2 is 2.00 bits per heavy atom. The molecule has 2 aromatic rings. The monoisotopic (exact) mass is 293 g/mol. The van der Waals surface area contributed by atoms with Gasteiger partial charge in [0.15, 0.2) is 0 Å². The summed E-state index contributed by atoms with van der Waals surface area (Å²) in [7, 11) is 0. The van der Waals surface area contributed by atoms with Crippen LogP contribution in [0, 0.1) is 0 Å². The molecule has 0 aliphatic heterocycles. The van der Waals surface area contributed by atoms with Gasteiger partial charge in [-0.25, -0.2) is 0 Å². The number of nitrogens with one attached hydrogen (secondary N) is 1. The largest absolute Gasteiger partial charge is 0.461 e. The maximum absolute atomic E-state index is 6.00. The topological polar surface area (TPSA) is 25.2 Å². The van der Waals surface area contributed by atoms with E-state index in [0.717, 1.165) is 41.1 Å². The molecular weight excluding hydrogens is 270 g/mol. The summed E-state index contributed by atoms with van der Waals surface area (Å²) in [6.45, 7) is 5.54. The van der Waals surface area contributed by atoms with Gasteiger partial charge in [-0.15, -0.1) is 0 Å². The molecule has 1 unspecified atom stereocenters. The summed E-state index contributed by atoms with van der Waals surface area (Å²) in [5, 5.41) is 5.48. The zero-order valence-corrected chi connectivity index (χ0v) is 13.2. The van der Waals surface area contributed by atoms with Crippen molar-refractivity contribution in [3.8, 4) is 0 Å². The molecule has 1 atom stereocenters. The molecule has 20 heavy (non-hydrogen) atoms. The van der Waals surface area contributed by atoms with E-state index in [2.05, 4.69) is 25.2 Å². The predicted molar refractivity (Wildman–Crippen MR) is 86.5 cm³/mol. The second kappa shape index (κ2) is 7.70. The molecule has 2 nitrogen and oxygen atoms in total. The van der Waals surface area contributed by atoms with Gasteiger partial charge in [0.25, 0.3) is 0 Å². The lowest BCUT2D eigenvalue weighted by Crippen LogP contribution is -2.30. The predicted octanol–water partition coefficient (Wildman–Crippen LogP) is 5.19. The van der Waals surface area contributed by atoms with Crippen LogP contribution < -0.4 is 5.32 Å². The molecule has 110 valence electrons. The summed E-state index contributed by atoms with van der Waals surface area (Å²) in [4.78, 5) is 0. The first-order valence-electron chi connectivity index (χ1n) is 7.64. The third-order valence-electron chi connectivity index (χ3n) is 3.59. The second-order valence-corrected chi connectivity index (χ2v) is 5.81. The Bertz CT molecular complexity index is 535. The van der Waals surface area contributed by atoms with Gasteiger partial charge in [0, 0.05) is 22.9 Å². The molecular formula is C17H24ClNO. The van der Waals surface area contributed by atoms with Crippen molar-refractivity contribution in [2.24, 2.45) is 0 Å². The number of rotatable bonds is 8. The van der Waals surface area contributed by atoms with Crippen LogP contribution in [0.25, 0.3) is 11.0 Å². The molecule has 1 aromatic carbocycles. The van der Waals surface area contributed by atoms with Crippen molar-refractivity contribution in [1.82, 2.24) is 5.32 Å². The van der Waals surface area contributed by atoms with E-state index in [4.69, 9.17) is 16.0 Å². The van der Waals surface area contributed by atoms with Crippen LogP contribution in [0.5, 0.6) is 0 Å². The fourth-order valence-electron chi connectivity index (χ4n) is 2.55. The number of aryl methyl sites for hydroxylation is 1. The van der Waals surface area contributed by atoms with Crippen molar-refractivity contribution in [1.29, 1.82) is 0 Å². The van der Waals surface area contributed by atoms with E-state index in [1.165, 1.54) is 19.3 Å². The lowest BCUT2D eigenvalue weighted by atomic mass is 10.0. The number of halogens is 1. The molecule has 0 spiro atoms. The maximum atomic E-state index is 6.00. The highest BCUT2D eigenvalue weighted by molar-refractivity contribution is 6.31. The van der Waals surface area contributed by atoms with Crippen LogP contribution >= 0.6 is 11.6 Å². The van der Waals surface area contributed by atoms with Gasteiger partial charge >= 0.3 is 0 Å². The first-order valence-corrected chi connectivity index (χ1v) is 8.02. The SMILES string of the molecule is CCCNC(CCC)CCc1cc2cc(Cl)ccc2o1. The van der Waals surface area contributed by atoms with E-state index in [1.54, 1.807) is 0 Å². The maximum Gasteiger partial charge on any atom is 0.134 e. The third-order valence-corrected chi connectivity index (χ3v) is 3.82. The van der Waals surface area contributed by atoms with Crippen molar-refractivity contribution in [2.45, 2.75) is 52.0 Å². The molecule has 1 N–H and O–H groups in total. The van der Waals surface area contributed by atoms with Crippen molar-refractivity contribution in [3.05, 3.63) is 35.0 Å². The van der Waals surface area contributed by atoms with Crippen molar-refractivity contribution < 1.29 is 4.42 Å². The van der Waals surface area contributed by atoms with E-state index in [1.807, 2.05) is 18.2 Å². The fourth-order valence-corrected chi connectivity index (χ4v) is 2.73. The lowest BCUT2D eigenvalue weighted by molar-refractivity contribution is 0.429. The molecule has 0 saturated heterocycles. The Labute approximate surface area is 126 Å². The Morgan fingerprint density at radius 1 is 1.15 bits per heavy atom. The van der Waals surface area contributed by atoms with E-state index < -0.39 is 0 Å². The minimum Gasteiger partial charge on any atom is -0.461 e. The molecule has 0 aliphatic carbocycles. The molecule has 3 heteroatoms. The fraction of sp³-hybridized carbons (Fsp3) is 0.529. The summed E-state index contributed by atoms with van der Waals surface area (Å²) in [5.74, 6) is 1.06. The van der Waals surface area contributed by atoms with Crippen LogP contribution in [0.2, 0.25) is 5.02 Å². The summed E-state index contributed by atoms with van der Waals surface area (Å²) in [6.07, 6.45) is 5.74. The van der Waals surface area contributed by atoms with Gasteiger partial charge in [-0.3, -0.25) is 0 Å². The first kappa shape index (κ1) is 15.4. The van der Waals surface area contributed by atoms with E-state index in [-0.39, 0.29) is 0 Å². The molecule has 1 heterocycles. The number of fused-ring (bicyclic) bond motifs is 1. The minimum absolute atomic E-state index is 0.594. The molecule has 0 aliphatic rings. The smallest absolute Gasteiger partial charge is 0.134 e. The van der Waals surface area contributed by atoms with Gasteiger partial charge in [-0.1, -0.05) is 31.9 Å². The average Bonchev–Trinajstić information content (AvgIpc) is 2.83. The number of furan rings is 1. The van der Waals surface area contributed by atoms with Gasteiger partial charge < -0.3 is 9.73 Å². The molecule has 0 bridgehead atoms. The Morgan fingerprint density at radius 3 is 2.75 bits per heavy atom. The van der Waals surface area contributed by atoms with Gasteiger partial charge in [-0.05, 0) is 50.1 Å².